The Morgan fingerprint density at radius 3 is 1.07 bits per heavy atom. The average Bonchev–Trinajstić information content (AvgIpc) is 1.12. The van der Waals surface area contributed by atoms with Crippen LogP contribution in [0.5, 0.6) is 0 Å². The Labute approximate surface area is 590 Å². The lowest BCUT2D eigenvalue weighted by molar-refractivity contribution is 0.591. The molecule has 6 heterocycles. The van der Waals surface area contributed by atoms with E-state index in [0.29, 0.717) is 17.5 Å². The Hall–Kier alpha value is -12.8. The second-order valence-electron chi connectivity index (χ2n) is 28.8. The molecule has 6 aromatic heterocycles. The molecule has 0 spiro atoms. The molecule has 0 atom stereocenters. The summed E-state index contributed by atoms with van der Waals surface area (Å²) >= 11 is 0. The molecule has 0 aliphatic carbocycles. The summed E-state index contributed by atoms with van der Waals surface area (Å²) in [4.78, 5) is 22.6. The zero-order valence-corrected chi connectivity index (χ0v) is 57.4. The molecule has 0 amide bonds. The van der Waals surface area contributed by atoms with Crippen molar-refractivity contribution in [3.63, 3.8) is 0 Å². The molecule has 13 aromatic carbocycles. The molecule has 0 saturated carbocycles. The molecular weight excluding hydrogens is 1250 g/mol. The largest absolute Gasteiger partial charge is 0.456 e. The van der Waals surface area contributed by atoms with Crippen LogP contribution in [-0.4, -0.2) is 29.1 Å². The summed E-state index contributed by atoms with van der Waals surface area (Å²) in [6.07, 6.45) is 0. The zero-order chi connectivity index (χ0) is 68.5. The van der Waals surface area contributed by atoms with Crippen LogP contribution in [0.2, 0.25) is 0 Å². The predicted octanol–water partition coefficient (Wildman–Crippen LogP) is 25.2. The van der Waals surface area contributed by atoms with E-state index < -0.39 is 0 Å². The van der Waals surface area contributed by atoms with Gasteiger partial charge in [0.05, 0.1) is 33.5 Å². The quantitative estimate of drug-likeness (QED) is 0.136. The maximum absolute atomic E-state index is 6.92. The molecule has 8 heteroatoms. The molecule has 486 valence electrons. The van der Waals surface area contributed by atoms with Gasteiger partial charge in [0.15, 0.2) is 17.5 Å². The number of hydrogen-bond acceptors (Lipinski definition) is 6. The molecule has 0 radical (unpaired) electrons. The van der Waals surface area contributed by atoms with Gasteiger partial charge in [0.25, 0.3) is 0 Å². The number of nitrogens with zero attached hydrogens (tertiary/aromatic N) is 6. The number of hydrogen-bond donors (Lipinski definition) is 0. The maximum atomic E-state index is 6.92. The van der Waals surface area contributed by atoms with Crippen LogP contribution in [0.3, 0.4) is 0 Å². The molecular formula is C94H68N6O2. The van der Waals surface area contributed by atoms with Gasteiger partial charge in [-0.2, -0.15) is 0 Å². The first kappa shape index (κ1) is 60.4. The average molecular weight is 1310 g/mol. The van der Waals surface area contributed by atoms with Crippen molar-refractivity contribution in [2.75, 3.05) is 0 Å². The van der Waals surface area contributed by atoms with Gasteiger partial charge in [0.2, 0.25) is 0 Å². The summed E-state index contributed by atoms with van der Waals surface area (Å²) in [5.41, 5.74) is 23.7. The van der Waals surface area contributed by atoms with E-state index in [1.54, 1.807) is 0 Å². The first-order valence-electron chi connectivity index (χ1n) is 35.0. The van der Waals surface area contributed by atoms with Crippen molar-refractivity contribution >= 4 is 87.5 Å². The molecule has 19 aromatic rings. The molecule has 0 bridgehead atoms. The number of furan rings is 2. The predicted molar refractivity (Wildman–Crippen MR) is 422 cm³/mol. The van der Waals surface area contributed by atoms with Crippen LogP contribution in [0.25, 0.3) is 189 Å². The van der Waals surface area contributed by atoms with Gasteiger partial charge in [-0.15, -0.1) is 0 Å². The van der Waals surface area contributed by atoms with Crippen LogP contribution < -0.4 is 0 Å². The fourth-order valence-corrected chi connectivity index (χ4v) is 15.6. The van der Waals surface area contributed by atoms with Gasteiger partial charge in [0.1, 0.15) is 22.3 Å². The molecule has 0 N–H and O–H groups in total. The third-order valence-corrected chi connectivity index (χ3v) is 20.6. The molecule has 0 aliphatic rings. The SMILES string of the molecule is CC(C)(C)c1ccc2c(c1)c1ccccc1n2-c1ccc(-c2nc(-c3ccc(-n4c5ccccc5c5cc(C(C)(C)C)ccc54)cc3)c(-c3cccc4oc5ccccc5c34)c(-c3ccccc3-c3nc(-c4ccccc4)nc(-c4ccccc4)n3)c2-c2cccc3oc4ccccc4c23)cc1. The lowest BCUT2D eigenvalue weighted by atomic mass is 9.80. The summed E-state index contributed by atoms with van der Waals surface area (Å²) in [5.74, 6) is 1.64. The van der Waals surface area contributed by atoms with Crippen molar-refractivity contribution in [2.45, 2.75) is 52.4 Å². The minimum Gasteiger partial charge on any atom is -0.456 e. The van der Waals surface area contributed by atoms with Gasteiger partial charge in [-0.25, -0.2) is 19.9 Å². The van der Waals surface area contributed by atoms with Gasteiger partial charge in [0, 0.05) is 99.0 Å². The first-order valence-corrected chi connectivity index (χ1v) is 35.0. The van der Waals surface area contributed by atoms with Gasteiger partial charge < -0.3 is 18.0 Å². The zero-order valence-electron chi connectivity index (χ0n) is 57.4. The highest BCUT2D eigenvalue weighted by molar-refractivity contribution is 6.21. The van der Waals surface area contributed by atoms with Gasteiger partial charge in [-0.05, 0) is 124 Å². The van der Waals surface area contributed by atoms with E-state index >= 15 is 0 Å². The Bertz CT molecular complexity index is 6190. The molecule has 0 saturated heterocycles. The third kappa shape index (κ3) is 9.88. The molecule has 0 fully saturated rings. The van der Waals surface area contributed by atoms with Crippen molar-refractivity contribution in [3.05, 3.63) is 314 Å². The van der Waals surface area contributed by atoms with Gasteiger partial charge in [-0.1, -0.05) is 260 Å². The van der Waals surface area contributed by atoms with Crippen molar-refractivity contribution in [1.29, 1.82) is 0 Å². The number of benzene rings is 13. The Kier molecular flexibility index (Phi) is 13.9. The fourth-order valence-electron chi connectivity index (χ4n) is 15.6. The van der Waals surface area contributed by atoms with E-state index in [1.165, 1.54) is 32.7 Å². The minimum absolute atomic E-state index is 0.0316. The topological polar surface area (TPSA) is 87.7 Å². The van der Waals surface area contributed by atoms with Crippen LogP contribution in [-0.2, 0) is 10.8 Å². The molecule has 19 rings (SSSR count). The van der Waals surface area contributed by atoms with E-state index in [9.17, 15) is 0 Å². The van der Waals surface area contributed by atoms with E-state index in [4.69, 9.17) is 28.8 Å². The maximum Gasteiger partial charge on any atom is 0.164 e. The second kappa shape index (κ2) is 23.4. The fraction of sp³-hybridized carbons (Fsp3) is 0.0851. The number of pyridine rings is 1. The summed E-state index contributed by atoms with van der Waals surface area (Å²) < 4.78 is 18.6. The molecule has 0 unspecified atom stereocenters. The lowest BCUT2D eigenvalue weighted by Crippen LogP contribution is -2.10. The highest BCUT2D eigenvalue weighted by Gasteiger charge is 2.32. The Morgan fingerprint density at radius 2 is 0.618 bits per heavy atom. The monoisotopic (exact) mass is 1310 g/mol. The second-order valence-corrected chi connectivity index (χ2v) is 28.8. The van der Waals surface area contributed by atoms with Gasteiger partial charge >= 0.3 is 0 Å². The van der Waals surface area contributed by atoms with Crippen molar-refractivity contribution in [2.24, 2.45) is 0 Å². The van der Waals surface area contributed by atoms with Crippen LogP contribution in [0.15, 0.2) is 312 Å². The van der Waals surface area contributed by atoms with E-state index in [1.807, 2.05) is 48.5 Å². The van der Waals surface area contributed by atoms with E-state index in [0.717, 1.165) is 150 Å². The smallest absolute Gasteiger partial charge is 0.164 e. The number of aromatic nitrogens is 6. The summed E-state index contributed by atoms with van der Waals surface area (Å²) in [6.45, 7) is 13.7. The molecule has 0 aliphatic heterocycles. The number of rotatable bonds is 10. The summed E-state index contributed by atoms with van der Waals surface area (Å²) in [6, 6.07) is 108. The molecule has 102 heavy (non-hydrogen) atoms. The van der Waals surface area contributed by atoms with E-state index in [2.05, 4.69) is 305 Å². The van der Waals surface area contributed by atoms with E-state index in [-0.39, 0.29) is 10.8 Å². The van der Waals surface area contributed by atoms with Crippen LogP contribution in [0.4, 0.5) is 0 Å². The Balaban J connectivity index is 0.959. The minimum atomic E-state index is -0.0316. The van der Waals surface area contributed by atoms with Gasteiger partial charge in [-0.3, -0.25) is 0 Å². The standard InChI is InChI=1S/C94H68N6O2/c1-93(2,3)61-47-53-77-73(55-61)65-29-15-19-37-75(65)99(77)63-49-43-57(44-50-63)88-86(71-35-23-41-81-83(71)69-33-17-21-39-79(69)101-81)85(67-31-13-14-32-68(67)92-97-90(59-25-9-7-10-26-59)96-91(98-92)60-27-11-8-12-28-60)87(72-36-24-42-82-84(72)70-34-18-22-40-80(70)102-82)89(95-88)58-45-51-64(52-46-58)100-76-38-20-16-30-66(76)74-56-62(94(4,5)6)48-54-78(74)100/h7-56H,1-6H3. The highest BCUT2D eigenvalue weighted by Crippen LogP contribution is 2.55. The highest BCUT2D eigenvalue weighted by atomic mass is 16.3. The van der Waals surface area contributed by atoms with Crippen LogP contribution >= 0.6 is 0 Å². The third-order valence-electron chi connectivity index (χ3n) is 20.6. The van der Waals surface area contributed by atoms with Crippen molar-refractivity contribution < 1.29 is 8.83 Å². The Morgan fingerprint density at radius 1 is 0.255 bits per heavy atom. The lowest BCUT2D eigenvalue weighted by Gasteiger charge is -2.25. The van der Waals surface area contributed by atoms with Crippen molar-refractivity contribution in [1.82, 2.24) is 29.1 Å². The molecule has 8 nitrogen and oxygen atoms in total. The first-order chi connectivity index (χ1) is 49.9. The normalized spacial score (nSPS) is 12.2. The van der Waals surface area contributed by atoms with Crippen LogP contribution in [0, 0.1) is 0 Å². The van der Waals surface area contributed by atoms with Crippen LogP contribution in [0.1, 0.15) is 52.7 Å². The van der Waals surface area contributed by atoms with Crippen molar-refractivity contribution in [3.8, 4) is 101 Å². The number of para-hydroxylation sites is 4. The summed E-state index contributed by atoms with van der Waals surface area (Å²) in [5, 5.41) is 8.79. The summed E-state index contributed by atoms with van der Waals surface area (Å²) in [7, 11) is 0. The number of fused-ring (bicyclic) bond motifs is 12.